The third kappa shape index (κ3) is 4.37. The molecule has 0 aromatic heterocycles. The van der Waals surface area contributed by atoms with Crippen molar-refractivity contribution < 1.29 is 18.9 Å². The molecule has 2 aliphatic heterocycles. The predicted molar refractivity (Wildman–Crippen MR) is 70.3 cm³/mol. The second-order valence-electron chi connectivity index (χ2n) is 6.03. The first kappa shape index (κ1) is 15.2. The van der Waals surface area contributed by atoms with Crippen LogP contribution in [0.25, 0.3) is 0 Å². The van der Waals surface area contributed by atoms with Gasteiger partial charge < -0.3 is 30.4 Å². The van der Waals surface area contributed by atoms with Crippen LogP contribution in [0.5, 0.6) is 0 Å². The molecular weight excluding hydrogens is 248 g/mol. The fraction of sp³-hybridized carbons (Fsp3) is 1.00. The van der Waals surface area contributed by atoms with Gasteiger partial charge in [0.05, 0.1) is 31.8 Å². The van der Waals surface area contributed by atoms with Gasteiger partial charge >= 0.3 is 0 Å². The van der Waals surface area contributed by atoms with Gasteiger partial charge in [0, 0.05) is 24.9 Å². The van der Waals surface area contributed by atoms with Crippen LogP contribution >= 0.6 is 0 Å². The van der Waals surface area contributed by atoms with E-state index in [1.165, 1.54) is 0 Å². The minimum absolute atomic E-state index is 0.0772. The first-order valence-electron chi connectivity index (χ1n) is 6.97. The zero-order valence-corrected chi connectivity index (χ0v) is 11.8. The molecule has 0 aliphatic carbocycles. The molecule has 2 saturated heterocycles. The smallest absolute Gasteiger partial charge is 0.159 e. The lowest BCUT2D eigenvalue weighted by Gasteiger charge is -2.44. The molecule has 2 aliphatic rings. The molecule has 19 heavy (non-hydrogen) atoms. The third-order valence-electron chi connectivity index (χ3n) is 3.43. The van der Waals surface area contributed by atoms with Gasteiger partial charge in [0.15, 0.2) is 12.6 Å². The van der Waals surface area contributed by atoms with E-state index < -0.39 is 0 Å². The van der Waals surface area contributed by atoms with Crippen molar-refractivity contribution in [2.24, 2.45) is 16.9 Å². The van der Waals surface area contributed by atoms with Crippen molar-refractivity contribution in [2.75, 3.05) is 26.4 Å². The summed E-state index contributed by atoms with van der Waals surface area (Å²) in [7, 11) is 0. The van der Waals surface area contributed by atoms with E-state index in [-0.39, 0.29) is 30.1 Å². The van der Waals surface area contributed by atoms with Crippen molar-refractivity contribution >= 4 is 0 Å². The molecule has 112 valence electrons. The lowest BCUT2D eigenvalue weighted by molar-refractivity contribution is -0.304. The Morgan fingerprint density at radius 3 is 1.42 bits per heavy atom. The van der Waals surface area contributed by atoms with Gasteiger partial charge in [0.25, 0.3) is 0 Å². The van der Waals surface area contributed by atoms with Gasteiger partial charge in [-0.15, -0.1) is 0 Å². The zero-order valence-electron chi connectivity index (χ0n) is 11.8. The molecule has 0 radical (unpaired) electrons. The third-order valence-corrected chi connectivity index (χ3v) is 3.43. The zero-order chi connectivity index (χ0) is 13.9. The second kappa shape index (κ2) is 6.47. The van der Waals surface area contributed by atoms with Gasteiger partial charge in [-0.1, -0.05) is 0 Å². The molecule has 0 saturated carbocycles. The summed E-state index contributed by atoms with van der Waals surface area (Å²) in [4.78, 5) is 0. The molecule has 4 N–H and O–H groups in total. The van der Waals surface area contributed by atoms with Crippen molar-refractivity contribution in [3.63, 3.8) is 0 Å². The van der Waals surface area contributed by atoms with E-state index in [2.05, 4.69) is 0 Å². The van der Waals surface area contributed by atoms with Crippen molar-refractivity contribution in [3.8, 4) is 0 Å². The first-order valence-corrected chi connectivity index (χ1v) is 6.97. The SMILES string of the molecule is CC(N)CC1OCC2(CO1)COC(CC(C)N)OC2. The van der Waals surface area contributed by atoms with Crippen molar-refractivity contribution in [1.29, 1.82) is 0 Å². The summed E-state index contributed by atoms with van der Waals surface area (Å²) in [6.07, 6.45) is 1.02. The maximum absolute atomic E-state index is 5.74. The Morgan fingerprint density at radius 1 is 0.842 bits per heavy atom. The molecule has 2 unspecified atom stereocenters. The number of hydrogen-bond donors (Lipinski definition) is 2. The Labute approximate surface area is 114 Å². The quantitative estimate of drug-likeness (QED) is 0.761. The monoisotopic (exact) mass is 274 g/mol. The van der Waals surface area contributed by atoms with E-state index in [0.29, 0.717) is 39.3 Å². The van der Waals surface area contributed by atoms with Gasteiger partial charge in [-0.3, -0.25) is 0 Å². The van der Waals surface area contributed by atoms with E-state index in [0.717, 1.165) is 0 Å². The van der Waals surface area contributed by atoms with Crippen molar-refractivity contribution in [1.82, 2.24) is 0 Å². The minimum Gasteiger partial charge on any atom is -0.352 e. The van der Waals surface area contributed by atoms with E-state index in [1.54, 1.807) is 0 Å². The normalized spacial score (nSPS) is 39.2. The van der Waals surface area contributed by atoms with E-state index in [9.17, 15) is 0 Å². The Bertz CT molecular complexity index is 238. The Hall–Kier alpha value is -0.240. The highest BCUT2D eigenvalue weighted by Gasteiger charge is 2.42. The molecule has 2 heterocycles. The van der Waals surface area contributed by atoms with Crippen LogP contribution < -0.4 is 11.5 Å². The van der Waals surface area contributed by atoms with Crippen LogP contribution in [0.15, 0.2) is 0 Å². The first-order chi connectivity index (χ1) is 8.99. The summed E-state index contributed by atoms with van der Waals surface area (Å²) in [5.41, 5.74) is 11.3. The lowest BCUT2D eigenvalue weighted by atomic mass is 9.90. The molecule has 6 heteroatoms. The van der Waals surface area contributed by atoms with E-state index in [1.807, 2.05) is 13.8 Å². The molecule has 1 spiro atoms. The average Bonchev–Trinajstić information content (AvgIpc) is 2.34. The van der Waals surface area contributed by atoms with Crippen LogP contribution in [0.1, 0.15) is 26.7 Å². The molecule has 2 rings (SSSR count). The average molecular weight is 274 g/mol. The lowest BCUT2D eigenvalue weighted by Crippen LogP contribution is -2.53. The summed E-state index contributed by atoms with van der Waals surface area (Å²) in [6.45, 7) is 6.26. The highest BCUT2D eigenvalue weighted by atomic mass is 16.7. The van der Waals surface area contributed by atoms with Crippen LogP contribution in [0, 0.1) is 5.41 Å². The molecule has 0 bridgehead atoms. The number of nitrogens with two attached hydrogens (primary N) is 2. The number of rotatable bonds is 4. The maximum Gasteiger partial charge on any atom is 0.159 e. The largest absolute Gasteiger partial charge is 0.352 e. The summed E-state index contributed by atoms with van der Waals surface area (Å²) < 4.78 is 22.8. The number of hydrogen-bond acceptors (Lipinski definition) is 6. The fourth-order valence-electron chi connectivity index (χ4n) is 2.30. The highest BCUT2D eigenvalue weighted by molar-refractivity contribution is 4.85. The highest BCUT2D eigenvalue weighted by Crippen LogP contribution is 2.31. The van der Waals surface area contributed by atoms with Crippen LogP contribution in [0.4, 0.5) is 0 Å². The summed E-state index contributed by atoms with van der Waals surface area (Å²) in [6, 6.07) is 0.154. The second-order valence-corrected chi connectivity index (χ2v) is 6.03. The summed E-state index contributed by atoms with van der Waals surface area (Å²) in [5.74, 6) is 0. The van der Waals surface area contributed by atoms with Gasteiger partial charge in [-0.2, -0.15) is 0 Å². The maximum atomic E-state index is 5.74. The number of ether oxygens (including phenoxy) is 4. The molecular formula is C13H26N2O4. The predicted octanol–water partition coefficient (Wildman–Crippen LogP) is 0.193. The Balaban J connectivity index is 1.75. The summed E-state index contributed by atoms with van der Waals surface area (Å²) in [5, 5.41) is 0. The van der Waals surface area contributed by atoms with Gasteiger partial charge in [0.2, 0.25) is 0 Å². The van der Waals surface area contributed by atoms with Gasteiger partial charge in [0.1, 0.15) is 0 Å². The minimum atomic E-state index is -0.201. The molecule has 0 aromatic carbocycles. The molecule has 2 atom stereocenters. The molecule has 0 amide bonds. The van der Waals surface area contributed by atoms with Crippen molar-refractivity contribution in [3.05, 3.63) is 0 Å². The topological polar surface area (TPSA) is 89.0 Å². The van der Waals surface area contributed by atoms with Crippen molar-refractivity contribution in [2.45, 2.75) is 51.4 Å². The van der Waals surface area contributed by atoms with Crippen LogP contribution in [-0.4, -0.2) is 51.1 Å². The molecule has 0 aromatic rings. The van der Waals surface area contributed by atoms with E-state index >= 15 is 0 Å². The van der Waals surface area contributed by atoms with Gasteiger partial charge in [-0.25, -0.2) is 0 Å². The summed E-state index contributed by atoms with van der Waals surface area (Å²) >= 11 is 0. The standard InChI is InChI=1S/C13H26N2O4/c1-9(14)3-11-16-5-13(6-17-11)7-18-12(19-8-13)4-10(2)15/h9-12H,3-8,14-15H2,1-2H3. The van der Waals surface area contributed by atoms with Crippen LogP contribution in [0.3, 0.4) is 0 Å². The van der Waals surface area contributed by atoms with E-state index in [4.69, 9.17) is 30.4 Å². The van der Waals surface area contributed by atoms with Gasteiger partial charge in [-0.05, 0) is 13.8 Å². The fourth-order valence-corrected chi connectivity index (χ4v) is 2.30. The molecule has 2 fully saturated rings. The Kier molecular flexibility index (Phi) is 5.16. The van der Waals surface area contributed by atoms with Crippen LogP contribution in [0.2, 0.25) is 0 Å². The van der Waals surface area contributed by atoms with Crippen LogP contribution in [-0.2, 0) is 18.9 Å². The Morgan fingerprint density at radius 2 is 1.16 bits per heavy atom. The molecule has 6 nitrogen and oxygen atoms in total.